The van der Waals surface area contributed by atoms with Gasteiger partial charge in [0.2, 0.25) is 0 Å². The molecule has 0 saturated heterocycles. The van der Waals surface area contributed by atoms with Crippen molar-refractivity contribution in [2.24, 2.45) is 0 Å². The molecule has 7 aromatic rings. The van der Waals surface area contributed by atoms with Gasteiger partial charge in [0, 0.05) is 27.6 Å². The van der Waals surface area contributed by atoms with Crippen molar-refractivity contribution in [3.8, 4) is 44.8 Å². The summed E-state index contributed by atoms with van der Waals surface area (Å²) in [4.78, 5) is 10.2. The van der Waals surface area contributed by atoms with Gasteiger partial charge < -0.3 is 4.42 Å². The molecule has 0 unspecified atom stereocenters. The van der Waals surface area contributed by atoms with Crippen molar-refractivity contribution in [2.45, 2.75) is 6.92 Å². The van der Waals surface area contributed by atoms with Gasteiger partial charge in [0.1, 0.15) is 11.3 Å². The average Bonchev–Trinajstić information content (AvgIpc) is 3.38. The summed E-state index contributed by atoms with van der Waals surface area (Å²) in [6, 6.07) is 41.8. The molecule has 0 spiro atoms. The summed E-state index contributed by atoms with van der Waals surface area (Å²) in [5, 5.41) is 1.10. The number of allylic oxidation sites excluding steroid dienone is 2. The van der Waals surface area contributed by atoms with Crippen molar-refractivity contribution in [2.75, 3.05) is 0 Å². The number of nitrogens with zero attached hydrogens (tertiary/aromatic N) is 2. The molecule has 0 radical (unpaired) electrons. The van der Waals surface area contributed by atoms with Crippen molar-refractivity contribution in [1.29, 1.82) is 0 Å². The minimum absolute atomic E-state index is 0.867. The number of fused-ring (bicyclic) bond motifs is 2. The Labute approximate surface area is 245 Å². The smallest absolute Gasteiger partial charge is 0.142 e. The monoisotopic (exact) mass is 540 g/mol. The number of hydrogen-bond donors (Lipinski definition) is 0. The lowest BCUT2D eigenvalue weighted by Crippen LogP contribution is -1.95. The topological polar surface area (TPSA) is 38.9 Å². The molecule has 0 aliphatic rings. The molecule has 0 amide bonds. The molecule has 2 heterocycles. The highest BCUT2D eigenvalue weighted by atomic mass is 16.3. The molecule has 3 heteroatoms. The number of rotatable bonds is 6. The van der Waals surface area contributed by atoms with E-state index in [4.69, 9.17) is 14.4 Å². The summed E-state index contributed by atoms with van der Waals surface area (Å²) in [5.41, 5.74) is 12.0. The molecule has 0 aliphatic heterocycles. The molecule has 7 rings (SSSR count). The van der Waals surface area contributed by atoms with E-state index in [0.717, 1.165) is 78.1 Å². The third-order valence-corrected chi connectivity index (χ3v) is 7.63. The summed E-state index contributed by atoms with van der Waals surface area (Å²) in [6.07, 6.45) is 5.78. The molecular formula is C39H28N2O. The Morgan fingerprint density at radius 1 is 0.595 bits per heavy atom. The Kier molecular flexibility index (Phi) is 6.54. The van der Waals surface area contributed by atoms with Gasteiger partial charge in [-0.3, -0.25) is 0 Å². The summed E-state index contributed by atoms with van der Waals surface area (Å²) in [7, 11) is 0. The molecule has 0 saturated carbocycles. The van der Waals surface area contributed by atoms with E-state index in [2.05, 4.69) is 97.6 Å². The molecule has 200 valence electrons. The van der Waals surface area contributed by atoms with E-state index in [1.165, 1.54) is 0 Å². The van der Waals surface area contributed by atoms with E-state index in [9.17, 15) is 0 Å². The lowest BCUT2D eigenvalue weighted by Gasteiger charge is -2.12. The second kappa shape index (κ2) is 10.8. The fourth-order valence-electron chi connectivity index (χ4n) is 5.53. The number of aromatic nitrogens is 2. The molecule has 0 bridgehead atoms. The van der Waals surface area contributed by atoms with Gasteiger partial charge in [-0.1, -0.05) is 134 Å². The second-order valence-corrected chi connectivity index (χ2v) is 10.3. The van der Waals surface area contributed by atoms with Gasteiger partial charge in [0.25, 0.3) is 0 Å². The second-order valence-electron chi connectivity index (χ2n) is 10.3. The van der Waals surface area contributed by atoms with Crippen LogP contribution in [0.15, 0.2) is 144 Å². The lowest BCUT2D eigenvalue weighted by molar-refractivity contribution is 0.578. The fraction of sp³-hybridized carbons (Fsp3) is 0.0256. The minimum Gasteiger partial charge on any atom is -0.460 e. The maximum atomic E-state index is 6.23. The molecule has 42 heavy (non-hydrogen) atoms. The van der Waals surface area contributed by atoms with Crippen LogP contribution in [-0.2, 0) is 0 Å². The van der Waals surface area contributed by atoms with E-state index in [1.807, 2.05) is 49.4 Å². The van der Waals surface area contributed by atoms with Gasteiger partial charge in [-0.25, -0.2) is 9.97 Å². The first-order valence-electron chi connectivity index (χ1n) is 14.0. The third kappa shape index (κ3) is 4.61. The van der Waals surface area contributed by atoms with E-state index in [-0.39, 0.29) is 0 Å². The zero-order valence-electron chi connectivity index (χ0n) is 23.3. The maximum absolute atomic E-state index is 6.23. The van der Waals surface area contributed by atoms with Crippen LogP contribution in [0.2, 0.25) is 0 Å². The number of benzene rings is 5. The van der Waals surface area contributed by atoms with Crippen LogP contribution in [0, 0.1) is 6.92 Å². The van der Waals surface area contributed by atoms with E-state index in [1.54, 1.807) is 6.08 Å². The highest BCUT2D eigenvalue weighted by Crippen LogP contribution is 2.36. The zero-order chi connectivity index (χ0) is 28.5. The Morgan fingerprint density at radius 3 is 1.88 bits per heavy atom. The van der Waals surface area contributed by atoms with Gasteiger partial charge >= 0.3 is 0 Å². The van der Waals surface area contributed by atoms with Gasteiger partial charge in [-0.05, 0) is 35.7 Å². The van der Waals surface area contributed by atoms with Crippen molar-refractivity contribution < 1.29 is 4.42 Å². The van der Waals surface area contributed by atoms with Crippen LogP contribution in [0.5, 0.6) is 0 Å². The van der Waals surface area contributed by atoms with Crippen molar-refractivity contribution in [3.05, 3.63) is 151 Å². The predicted molar refractivity (Wildman–Crippen MR) is 175 cm³/mol. The fourth-order valence-corrected chi connectivity index (χ4v) is 5.53. The Hall–Kier alpha value is -5.54. The third-order valence-electron chi connectivity index (χ3n) is 7.63. The predicted octanol–water partition coefficient (Wildman–Crippen LogP) is 10.6. The van der Waals surface area contributed by atoms with Crippen LogP contribution < -0.4 is 0 Å². The maximum Gasteiger partial charge on any atom is 0.142 e. The number of hydrogen-bond acceptors (Lipinski definition) is 3. The van der Waals surface area contributed by atoms with Crippen LogP contribution in [-0.4, -0.2) is 9.97 Å². The van der Waals surface area contributed by atoms with Crippen LogP contribution in [0.25, 0.3) is 72.8 Å². The van der Waals surface area contributed by atoms with Crippen LogP contribution in [0.4, 0.5) is 0 Å². The first-order chi connectivity index (χ1) is 20.7. The highest BCUT2D eigenvalue weighted by molar-refractivity contribution is 5.98. The average molecular weight is 541 g/mol. The Morgan fingerprint density at radius 2 is 1.21 bits per heavy atom. The zero-order valence-corrected chi connectivity index (χ0v) is 23.3. The van der Waals surface area contributed by atoms with Crippen LogP contribution >= 0.6 is 0 Å². The molecule has 2 aromatic heterocycles. The van der Waals surface area contributed by atoms with Crippen molar-refractivity contribution >= 4 is 28.1 Å². The first kappa shape index (κ1) is 25.4. The Bertz CT molecular complexity index is 2090. The minimum atomic E-state index is 0.867. The van der Waals surface area contributed by atoms with Crippen LogP contribution in [0.1, 0.15) is 11.3 Å². The summed E-state index contributed by atoms with van der Waals surface area (Å²) in [5.74, 6) is 0.898. The van der Waals surface area contributed by atoms with Gasteiger partial charge in [0.15, 0.2) is 0 Å². The van der Waals surface area contributed by atoms with Gasteiger partial charge in [-0.15, -0.1) is 0 Å². The first-order valence-corrected chi connectivity index (χ1v) is 14.0. The lowest BCUT2D eigenvalue weighted by atomic mass is 9.98. The van der Waals surface area contributed by atoms with E-state index >= 15 is 0 Å². The van der Waals surface area contributed by atoms with Crippen molar-refractivity contribution in [1.82, 2.24) is 9.97 Å². The van der Waals surface area contributed by atoms with Crippen LogP contribution in [0.3, 0.4) is 0 Å². The Balaban J connectivity index is 1.28. The van der Waals surface area contributed by atoms with Crippen molar-refractivity contribution in [3.63, 3.8) is 0 Å². The molecule has 3 nitrogen and oxygen atoms in total. The largest absolute Gasteiger partial charge is 0.460 e. The molecule has 0 fully saturated rings. The molecule has 0 atom stereocenters. The molecule has 0 N–H and O–H groups in total. The highest BCUT2D eigenvalue weighted by Gasteiger charge is 2.15. The standard InChI is InChI=1S/C39H28N2O/c1-3-4-16-32-26(2)42-39-33(17-11-18-34(32)39)28-21-19-27(20-22-28)31-23-24-35-36(25-31)41-38(30-14-9-6-10-15-30)37(40-35)29-12-7-5-8-13-29/h3-25H,1H2,2H3/b16-4-. The quantitative estimate of drug-likeness (QED) is 0.197. The molecule has 0 aliphatic carbocycles. The SMILES string of the molecule is C=C/C=C\c1c(C)oc2c(-c3ccc(-c4ccc5nc(-c6ccccc6)c(-c6ccccc6)nc5c4)cc3)cccc12. The van der Waals surface area contributed by atoms with Gasteiger partial charge in [0.05, 0.1) is 22.4 Å². The van der Waals surface area contributed by atoms with E-state index in [0.29, 0.717) is 0 Å². The number of para-hydroxylation sites is 1. The summed E-state index contributed by atoms with van der Waals surface area (Å²) < 4.78 is 6.23. The number of furan rings is 1. The molecular weight excluding hydrogens is 512 g/mol. The molecule has 5 aromatic carbocycles. The number of aryl methyl sites for hydroxylation is 1. The summed E-state index contributed by atoms with van der Waals surface area (Å²) >= 11 is 0. The van der Waals surface area contributed by atoms with E-state index < -0.39 is 0 Å². The normalized spacial score (nSPS) is 11.5. The van der Waals surface area contributed by atoms with Gasteiger partial charge in [-0.2, -0.15) is 0 Å². The summed E-state index contributed by atoms with van der Waals surface area (Å²) in [6.45, 7) is 5.80.